The van der Waals surface area contributed by atoms with E-state index in [2.05, 4.69) is 27.9 Å². The molecule has 0 aromatic carbocycles. The van der Waals surface area contributed by atoms with Gasteiger partial charge in [-0.3, -0.25) is 4.79 Å². The van der Waals surface area contributed by atoms with Gasteiger partial charge in [-0.2, -0.15) is 0 Å². The van der Waals surface area contributed by atoms with Crippen LogP contribution in [0.25, 0.3) is 0 Å². The SMILES string of the molecule is CCCC1(C(=O)NCCc2csc(C)n2)CCCNC1. The maximum absolute atomic E-state index is 12.5. The van der Waals surface area contributed by atoms with Crippen LogP contribution in [-0.4, -0.2) is 30.5 Å². The first-order valence-electron chi connectivity index (χ1n) is 7.56. The van der Waals surface area contributed by atoms with Crippen molar-refractivity contribution in [1.82, 2.24) is 15.6 Å². The number of thiazole rings is 1. The van der Waals surface area contributed by atoms with Crippen LogP contribution < -0.4 is 10.6 Å². The third-order valence-electron chi connectivity index (χ3n) is 4.02. The van der Waals surface area contributed by atoms with Crippen LogP contribution in [0.4, 0.5) is 0 Å². The fraction of sp³-hybridized carbons (Fsp3) is 0.733. The Morgan fingerprint density at radius 3 is 3.05 bits per heavy atom. The highest BCUT2D eigenvalue weighted by atomic mass is 32.1. The first kappa shape index (κ1) is 15.4. The highest BCUT2D eigenvalue weighted by Gasteiger charge is 2.38. The van der Waals surface area contributed by atoms with E-state index in [0.717, 1.165) is 55.9 Å². The minimum atomic E-state index is -0.189. The summed E-state index contributed by atoms with van der Waals surface area (Å²) in [5.74, 6) is 0.221. The van der Waals surface area contributed by atoms with Gasteiger partial charge < -0.3 is 10.6 Å². The molecule has 0 radical (unpaired) electrons. The molecular formula is C15H25N3OS. The van der Waals surface area contributed by atoms with Crippen molar-refractivity contribution >= 4 is 17.2 Å². The number of aryl methyl sites for hydroxylation is 1. The average molecular weight is 295 g/mol. The van der Waals surface area contributed by atoms with Crippen molar-refractivity contribution in [1.29, 1.82) is 0 Å². The molecule has 1 amide bonds. The van der Waals surface area contributed by atoms with E-state index in [1.165, 1.54) is 0 Å². The molecule has 5 heteroatoms. The molecule has 112 valence electrons. The molecule has 0 spiro atoms. The van der Waals surface area contributed by atoms with E-state index in [1.807, 2.05) is 6.92 Å². The van der Waals surface area contributed by atoms with Gasteiger partial charge in [0.05, 0.1) is 16.1 Å². The van der Waals surface area contributed by atoms with Crippen molar-refractivity contribution < 1.29 is 4.79 Å². The Kier molecular flexibility index (Phi) is 5.54. The molecular weight excluding hydrogens is 270 g/mol. The summed E-state index contributed by atoms with van der Waals surface area (Å²) in [5, 5.41) is 9.67. The van der Waals surface area contributed by atoms with E-state index in [4.69, 9.17) is 0 Å². The predicted molar refractivity (Wildman–Crippen MR) is 83.0 cm³/mol. The highest BCUT2D eigenvalue weighted by Crippen LogP contribution is 2.31. The lowest BCUT2D eigenvalue weighted by Gasteiger charge is -2.36. The number of amides is 1. The topological polar surface area (TPSA) is 54.0 Å². The summed E-state index contributed by atoms with van der Waals surface area (Å²) in [7, 11) is 0. The number of hydrogen-bond acceptors (Lipinski definition) is 4. The summed E-state index contributed by atoms with van der Waals surface area (Å²) in [6, 6.07) is 0. The van der Waals surface area contributed by atoms with Crippen LogP contribution in [-0.2, 0) is 11.2 Å². The van der Waals surface area contributed by atoms with Crippen LogP contribution in [0.5, 0.6) is 0 Å². The van der Waals surface area contributed by atoms with Crippen molar-refractivity contribution in [2.75, 3.05) is 19.6 Å². The maximum atomic E-state index is 12.5. The lowest BCUT2D eigenvalue weighted by molar-refractivity contribution is -0.132. The van der Waals surface area contributed by atoms with E-state index in [0.29, 0.717) is 6.54 Å². The minimum absolute atomic E-state index is 0.189. The Bertz CT molecular complexity index is 433. The van der Waals surface area contributed by atoms with Crippen molar-refractivity contribution in [3.05, 3.63) is 16.1 Å². The molecule has 1 saturated heterocycles. The van der Waals surface area contributed by atoms with Gasteiger partial charge in [-0.15, -0.1) is 11.3 Å². The summed E-state index contributed by atoms with van der Waals surface area (Å²) in [5.41, 5.74) is 0.893. The number of aromatic nitrogens is 1. The molecule has 2 rings (SSSR count). The second kappa shape index (κ2) is 7.18. The van der Waals surface area contributed by atoms with Crippen LogP contribution in [0.3, 0.4) is 0 Å². The first-order valence-corrected chi connectivity index (χ1v) is 8.44. The van der Waals surface area contributed by atoms with Crippen LogP contribution in [0.2, 0.25) is 0 Å². The van der Waals surface area contributed by atoms with Gasteiger partial charge in [-0.1, -0.05) is 13.3 Å². The van der Waals surface area contributed by atoms with Gasteiger partial charge >= 0.3 is 0 Å². The predicted octanol–water partition coefficient (Wildman–Crippen LogP) is 2.28. The van der Waals surface area contributed by atoms with Gasteiger partial charge in [-0.05, 0) is 32.7 Å². The molecule has 0 aliphatic carbocycles. The molecule has 0 saturated carbocycles. The largest absolute Gasteiger partial charge is 0.355 e. The van der Waals surface area contributed by atoms with Gasteiger partial charge in [0.25, 0.3) is 0 Å². The van der Waals surface area contributed by atoms with Gasteiger partial charge in [0.1, 0.15) is 0 Å². The summed E-state index contributed by atoms with van der Waals surface area (Å²) >= 11 is 1.66. The highest BCUT2D eigenvalue weighted by molar-refractivity contribution is 7.09. The maximum Gasteiger partial charge on any atom is 0.227 e. The van der Waals surface area contributed by atoms with Crippen molar-refractivity contribution in [3.8, 4) is 0 Å². The Morgan fingerprint density at radius 1 is 1.60 bits per heavy atom. The summed E-state index contributed by atoms with van der Waals surface area (Å²) in [4.78, 5) is 17.0. The lowest BCUT2D eigenvalue weighted by atomic mass is 9.76. The number of nitrogens with one attached hydrogen (secondary N) is 2. The lowest BCUT2D eigenvalue weighted by Crippen LogP contribution is -2.50. The Balaban J connectivity index is 1.85. The number of carbonyl (C=O) groups is 1. The minimum Gasteiger partial charge on any atom is -0.355 e. The molecule has 2 heterocycles. The first-order chi connectivity index (χ1) is 9.66. The quantitative estimate of drug-likeness (QED) is 0.846. The monoisotopic (exact) mass is 295 g/mol. The van der Waals surface area contributed by atoms with E-state index in [1.54, 1.807) is 11.3 Å². The Labute approximate surface area is 125 Å². The second-order valence-corrected chi connectivity index (χ2v) is 6.74. The zero-order chi connectivity index (χ0) is 14.4. The molecule has 1 atom stereocenters. The van der Waals surface area contributed by atoms with Gasteiger partial charge in [0, 0.05) is 24.9 Å². The zero-order valence-corrected chi connectivity index (χ0v) is 13.3. The van der Waals surface area contributed by atoms with Gasteiger partial charge in [0.2, 0.25) is 5.91 Å². The van der Waals surface area contributed by atoms with Crippen LogP contribution in [0.15, 0.2) is 5.38 Å². The second-order valence-electron chi connectivity index (χ2n) is 5.67. The summed E-state index contributed by atoms with van der Waals surface area (Å²) < 4.78 is 0. The molecule has 2 N–H and O–H groups in total. The van der Waals surface area contributed by atoms with Crippen LogP contribution in [0.1, 0.15) is 43.3 Å². The molecule has 1 aromatic heterocycles. The van der Waals surface area contributed by atoms with Crippen molar-refractivity contribution in [3.63, 3.8) is 0 Å². The smallest absolute Gasteiger partial charge is 0.227 e. The van der Waals surface area contributed by atoms with Crippen LogP contribution in [0, 0.1) is 12.3 Å². The van der Waals surface area contributed by atoms with Crippen molar-refractivity contribution in [2.45, 2.75) is 46.0 Å². The summed E-state index contributed by atoms with van der Waals surface area (Å²) in [6.45, 7) is 6.71. The van der Waals surface area contributed by atoms with E-state index in [-0.39, 0.29) is 11.3 Å². The van der Waals surface area contributed by atoms with E-state index < -0.39 is 0 Å². The molecule has 4 nitrogen and oxygen atoms in total. The number of carbonyl (C=O) groups excluding carboxylic acids is 1. The summed E-state index contributed by atoms with van der Waals surface area (Å²) in [6.07, 6.45) is 4.96. The average Bonchev–Trinajstić information content (AvgIpc) is 2.86. The third kappa shape index (κ3) is 3.79. The number of rotatable bonds is 6. The third-order valence-corrected chi connectivity index (χ3v) is 4.84. The Hall–Kier alpha value is -0.940. The van der Waals surface area contributed by atoms with E-state index >= 15 is 0 Å². The standard InChI is InChI=1S/C15H25N3OS/c1-3-6-15(7-4-8-16-11-15)14(19)17-9-5-13-10-20-12(2)18-13/h10,16H,3-9,11H2,1-2H3,(H,17,19). The molecule has 1 unspecified atom stereocenters. The molecule has 1 aliphatic rings. The van der Waals surface area contributed by atoms with Gasteiger partial charge in [-0.25, -0.2) is 4.98 Å². The fourth-order valence-electron chi connectivity index (χ4n) is 2.98. The zero-order valence-electron chi connectivity index (χ0n) is 12.5. The molecule has 1 aliphatic heterocycles. The number of nitrogens with zero attached hydrogens (tertiary/aromatic N) is 1. The van der Waals surface area contributed by atoms with Crippen LogP contribution >= 0.6 is 11.3 Å². The fourth-order valence-corrected chi connectivity index (χ4v) is 3.63. The number of piperidine rings is 1. The normalized spacial score (nSPS) is 22.7. The molecule has 1 fully saturated rings. The molecule has 0 bridgehead atoms. The van der Waals surface area contributed by atoms with E-state index in [9.17, 15) is 4.79 Å². The Morgan fingerprint density at radius 2 is 2.45 bits per heavy atom. The van der Waals surface area contributed by atoms with Gasteiger partial charge in [0.15, 0.2) is 0 Å². The molecule has 1 aromatic rings. The van der Waals surface area contributed by atoms with Crippen molar-refractivity contribution in [2.24, 2.45) is 5.41 Å². The molecule has 20 heavy (non-hydrogen) atoms. The number of hydrogen-bond donors (Lipinski definition) is 2.